The van der Waals surface area contributed by atoms with Gasteiger partial charge in [0.05, 0.1) is 18.6 Å². The van der Waals surface area contributed by atoms with Crippen LogP contribution in [0.4, 0.5) is 4.79 Å². The minimum Gasteiger partial charge on any atom is -0.497 e. The summed E-state index contributed by atoms with van der Waals surface area (Å²) in [6.07, 6.45) is 1.72. The lowest BCUT2D eigenvalue weighted by molar-refractivity contribution is -0.122. The second kappa shape index (κ2) is 9.41. The van der Waals surface area contributed by atoms with E-state index in [0.29, 0.717) is 10.5 Å². The first-order valence-electron chi connectivity index (χ1n) is 10.2. The van der Waals surface area contributed by atoms with Crippen molar-refractivity contribution in [2.45, 2.75) is 13.8 Å². The molecule has 0 aliphatic carbocycles. The van der Waals surface area contributed by atoms with Crippen LogP contribution in [-0.2, 0) is 4.79 Å². The molecule has 0 radical (unpaired) electrons. The maximum atomic E-state index is 12.9. The van der Waals surface area contributed by atoms with Gasteiger partial charge in [0.15, 0.2) is 5.78 Å². The van der Waals surface area contributed by atoms with Gasteiger partial charge in [0.25, 0.3) is 11.1 Å². The topological polar surface area (TPSA) is 68.6 Å². The number of aryl methyl sites for hydroxylation is 1. The summed E-state index contributed by atoms with van der Waals surface area (Å²) < 4.78 is 8.15. The zero-order chi connectivity index (χ0) is 23.7. The van der Waals surface area contributed by atoms with Gasteiger partial charge in [0.2, 0.25) is 0 Å². The third kappa shape index (κ3) is 4.67. The molecule has 33 heavy (non-hydrogen) atoms. The number of halogens is 1. The number of hydrogen-bond acceptors (Lipinski definition) is 5. The molecule has 1 aliphatic rings. The summed E-state index contributed by atoms with van der Waals surface area (Å²) in [6, 6.07) is 16.5. The summed E-state index contributed by atoms with van der Waals surface area (Å²) in [7, 11) is 1.62. The zero-order valence-corrected chi connectivity index (χ0v) is 20.7. The lowest BCUT2D eigenvalue weighted by atomic mass is 10.1. The number of aromatic nitrogens is 1. The molecule has 8 heteroatoms. The number of ketones is 1. The minimum absolute atomic E-state index is 0.283. The lowest BCUT2D eigenvalue weighted by Gasteiger charge is -2.11. The van der Waals surface area contributed by atoms with Gasteiger partial charge in [-0.1, -0.05) is 28.1 Å². The van der Waals surface area contributed by atoms with Gasteiger partial charge in [-0.2, -0.15) is 0 Å². The number of amides is 2. The van der Waals surface area contributed by atoms with Crippen LogP contribution < -0.4 is 4.74 Å². The Morgan fingerprint density at radius 3 is 2.36 bits per heavy atom. The van der Waals surface area contributed by atoms with Crippen molar-refractivity contribution in [3.05, 3.63) is 86.5 Å². The van der Waals surface area contributed by atoms with Crippen molar-refractivity contribution in [2.24, 2.45) is 0 Å². The maximum absolute atomic E-state index is 12.9. The second-order valence-corrected chi connectivity index (χ2v) is 9.47. The number of methoxy groups -OCH3 is 1. The van der Waals surface area contributed by atoms with Crippen LogP contribution in [0.2, 0.25) is 0 Å². The predicted molar refractivity (Wildman–Crippen MR) is 133 cm³/mol. The molecule has 1 aromatic heterocycles. The van der Waals surface area contributed by atoms with E-state index in [1.807, 2.05) is 44.2 Å². The summed E-state index contributed by atoms with van der Waals surface area (Å²) in [4.78, 5) is 39.3. The second-order valence-electron chi connectivity index (χ2n) is 7.56. The third-order valence-electron chi connectivity index (χ3n) is 5.43. The summed E-state index contributed by atoms with van der Waals surface area (Å²) in [5.41, 5.74) is 4.19. The molecule has 6 nitrogen and oxygen atoms in total. The highest BCUT2D eigenvalue weighted by atomic mass is 79.9. The molecule has 168 valence electrons. The van der Waals surface area contributed by atoms with Crippen LogP contribution in [0.25, 0.3) is 11.8 Å². The molecule has 1 fully saturated rings. The van der Waals surface area contributed by atoms with E-state index < -0.39 is 11.1 Å². The first-order valence-corrected chi connectivity index (χ1v) is 11.8. The van der Waals surface area contributed by atoms with Crippen molar-refractivity contribution >= 4 is 50.7 Å². The third-order valence-corrected chi connectivity index (χ3v) is 6.87. The Labute approximate surface area is 204 Å². The Kier molecular flexibility index (Phi) is 6.58. The summed E-state index contributed by atoms with van der Waals surface area (Å²) in [5, 5.41) is -0.444. The quantitative estimate of drug-likeness (QED) is 0.301. The van der Waals surface area contributed by atoms with Gasteiger partial charge in [0.1, 0.15) is 5.75 Å². The fraction of sp³-hybridized carbons (Fsp3) is 0.160. The molecule has 0 saturated carbocycles. The molecular formula is C25H21BrN2O4S. The molecular weight excluding hydrogens is 504 g/mol. The van der Waals surface area contributed by atoms with Crippen LogP contribution in [0.15, 0.2) is 64.0 Å². The number of ether oxygens (including phenoxy) is 1. The van der Waals surface area contributed by atoms with Crippen molar-refractivity contribution in [1.29, 1.82) is 0 Å². The molecule has 2 aromatic carbocycles. The Balaban J connectivity index is 1.57. The maximum Gasteiger partial charge on any atom is 0.293 e. The van der Waals surface area contributed by atoms with Gasteiger partial charge in [0, 0.05) is 27.1 Å². The van der Waals surface area contributed by atoms with Gasteiger partial charge >= 0.3 is 0 Å². The normalized spacial score (nSPS) is 14.9. The lowest BCUT2D eigenvalue weighted by Crippen LogP contribution is -2.33. The van der Waals surface area contributed by atoms with Crippen LogP contribution >= 0.6 is 27.7 Å². The largest absolute Gasteiger partial charge is 0.497 e. The first-order chi connectivity index (χ1) is 15.8. The monoisotopic (exact) mass is 524 g/mol. The number of benzene rings is 2. The van der Waals surface area contributed by atoms with Crippen molar-refractivity contribution in [2.75, 3.05) is 13.7 Å². The Bertz CT molecular complexity index is 1280. The average molecular weight is 525 g/mol. The molecule has 0 unspecified atom stereocenters. The summed E-state index contributed by atoms with van der Waals surface area (Å²) >= 11 is 4.18. The van der Waals surface area contributed by atoms with Gasteiger partial charge in [-0.3, -0.25) is 19.3 Å². The Morgan fingerprint density at radius 1 is 1.06 bits per heavy atom. The summed E-state index contributed by atoms with van der Waals surface area (Å²) in [6.45, 7) is 3.66. The van der Waals surface area contributed by atoms with Gasteiger partial charge in [-0.25, -0.2) is 0 Å². The molecule has 0 spiro atoms. The van der Waals surface area contributed by atoms with Gasteiger partial charge < -0.3 is 9.30 Å². The molecule has 0 N–H and O–H groups in total. The van der Waals surface area contributed by atoms with E-state index >= 15 is 0 Å². The highest BCUT2D eigenvalue weighted by Crippen LogP contribution is 2.34. The van der Waals surface area contributed by atoms with E-state index in [9.17, 15) is 14.4 Å². The van der Waals surface area contributed by atoms with Gasteiger partial charge in [-0.15, -0.1) is 0 Å². The minimum atomic E-state index is -0.454. The van der Waals surface area contributed by atoms with Crippen LogP contribution in [0.1, 0.15) is 27.3 Å². The molecule has 2 amide bonds. The zero-order valence-electron chi connectivity index (χ0n) is 18.3. The number of imide groups is 1. The van der Waals surface area contributed by atoms with Crippen molar-refractivity contribution < 1.29 is 19.1 Å². The van der Waals surface area contributed by atoms with Crippen LogP contribution in [0, 0.1) is 13.8 Å². The Hall–Kier alpha value is -3.10. The molecule has 2 heterocycles. The number of Topliss-reactive ketones (excluding diaryl/α,β-unsaturated/α-hetero) is 1. The molecule has 1 saturated heterocycles. The fourth-order valence-corrected chi connectivity index (χ4v) is 4.80. The molecule has 0 bridgehead atoms. The number of carbonyl (C=O) groups excluding carboxylic acids is 3. The number of hydrogen-bond donors (Lipinski definition) is 0. The van der Waals surface area contributed by atoms with E-state index in [2.05, 4.69) is 20.5 Å². The smallest absolute Gasteiger partial charge is 0.293 e. The van der Waals surface area contributed by atoms with Crippen LogP contribution in [0.3, 0.4) is 0 Å². The highest BCUT2D eigenvalue weighted by molar-refractivity contribution is 9.10. The SMILES string of the molecule is COc1ccc(-n2c(C)cc(/C=C3\SC(=O)N(CC(=O)c4ccc(Br)cc4)C3=O)c2C)cc1. The number of nitrogens with zero attached hydrogens (tertiary/aromatic N) is 2. The van der Waals surface area contributed by atoms with E-state index in [-0.39, 0.29) is 12.3 Å². The molecule has 4 rings (SSSR count). The van der Waals surface area contributed by atoms with Crippen molar-refractivity contribution in [3.8, 4) is 11.4 Å². The highest BCUT2D eigenvalue weighted by Gasteiger charge is 2.36. The standard InChI is InChI=1S/C25H21BrN2O4S/c1-15-12-18(16(2)28(15)20-8-10-21(32-3)11-9-20)13-23-24(30)27(25(31)33-23)14-22(29)17-4-6-19(26)7-5-17/h4-13H,14H2,1-3H3/b23-13-. The van der Waals surface area contributed by atoms with Crippen LogP contribution in [-0.4, -0.2) is 40.1 Å². The Morgan fingerprint density at radius 2 is 1.73 bits per heavy atom. The first kappa shape index (κ1) is 23.1. The predicted octanol–water partition coefficient (Wildman–Crippen LogP) is 5.78. The average Bonchev–Trinajstić information content (AvgIpc) is 3.23. The number of carbonyl (C=O) groups is 3. The van der Waals surface area contributed by atoms with Crippen molar-refractivity contribution in [1.82, 2.24) is 9.47 Å². The van der Waals surface area contributed by atoms with E-state index in [1.165, 1.54) is 0 Å². The number of thioether (sulfide) groups is 1. The van der Waals surface area contributed by atoms with Crippen molar-refractivity contribution in [3.63, 3.8) is 0 Å². The van der Waals surface area contributed by atoms with Gasteiger partial charge in [-0.05, 0) is 79.7 Å². The van der Waals surface area contributed by atoms with Crippen LogP contribution in [0.5, 0.6) is 5.75 Å². The van der Waals surface area contributed by atoms with E-state index in [4.69, 9.17) is 4.74 Å². The molecule has 3 aromatic rings. The molecule has 0 atom stereocenters. The molecule has 1 aliphatic heterocycles. The van der Waals surface area contributed by atoms with E-state index in [0.717, 1.165) is 49.5 Å². The fourth-order valence-electron chi connectivity index (χ4n) is 3.71. The summed E-state index contributed by atoms with van der Waals surface area (Å²) in [5.74, 6) is 0.0289. The van der Waals surface area contributed by atoms with E-state index in [1.54, 1.807) is 37.5 Å². The number of rotatable bonds is 6.